The van der Waals surface area contributed by atoms with Crippen LogP contribution in [0.15, 0.2) is 53.7 Å². The third-order valence-corrected chi connectivity index (χ3v) is 11.1. The molecular weight excluding hydrogens is 444 g/mol. The third kappa shape index (κ3) is 3.22. The van der Waals surface area contributed by atoms with Crippen molar-refractivity contribution in [3.8, 4) is 5.75 Å². The zero-order chi connectivity index (χ0) is 24.5. The number of oxime groups is 1. The van der Waals surface area contributed by atoms with E-state index < -0.39 is 0 Å². The fourth-order valence-corrected chi connectivity index (χ4v) is 9.22. The van der Waals surface area contributed by atoms with E-state index in [0.717, 1.165) is 35.6 Å². The summed E-state index contributed by atoms with van der Waals surface area (Å²) in [5.74, 6) is 3.92. The van der Waals surface area contributed by atoms with Gasteiger partial charge in [-0.2, -0.15) is 0 Å². The molecule has 7 rings (SSSR count). The molecule has 0 spiro atoms. The molecule has 36 heavy (non-hydrogen) atoms. The van der Waals surface area contributed by atoms with E-state index in [1.54, 1.807) is 0 Å². The quantitative estimate of drug-likeness (QED) is 0.299. The first-order chi connectivity index (χ1) is 17.5. The van der Waals surface area contributed by atoms with Gasteiger partial charge in [-0.1, -0.05) is 49.3 Å². The zero-order valence-electron chi connectivity index (χ0n) is 21.6. The van der Waals surface area contributed by atoms with Crippen LogP contribution in [-0.4, -0.2) is 15.9 Å². The molecule has 0 amide bonds. The van der Waals surface area contributed by atoms with E-state index in [0.29, 0.717) is 17.9 Å². The molecule has 2 N–H and O–H groups in total. The molecule has 3 fully saturated rings. The van der Waals surface area contributed by atoms with Gasteiger partial charge in [-0.05, 0) is 110 Å². The lowest BCUT2D eigenvalue weighted by atomic mass is 9.45. The molecular formula is C32H38N2O2. The van der Waals surface area contributed by atoms with Crippen LogP contribution in [-0.2, 0) is 19.4 Å². The average Bonchev–Trinajstić information content (AvgIpc) is 3.42. The SMILES string of the molecule is CC12CCC3C(CCC4Cc5[nH]c6ccc(OCc7ccccc7)cc6c5CC43C)C1CC/C2=N\O. The molecule has 1 aromatic heterocycles. The minimum absolute atomic E-state index is 0.116. The summed E-state index contributed by atoms with van der Waals surface area (Å²) in [7, 11) is 0. The lowest BCUT2D eigenvalue weighted by Gasteiger charge is -2.59. The molecule has 2 aromatic carbocycles. The van der Waals surface area contributed by atoms with Crippen molar-refractivity contribution in [1.29, 1.82) is 0 Å². The van der Waals surface area contributed by atoms with Crippen molar-refractivity contribution in [2.24, 2.45) is 39.7 Å². The normalized spacial score (nSPS) is 36.2. The van der Waals surface area contributed by atoms with Gasteiger partial charge in [0.2, 0.25) is 0 Å². The van der Waals surface area contributed by atoms with Gasteiger partial charge in [-0.3, -0.25) is 0 Å². The smallest absolute Gasteiger partial charge is 0.120 e. The van der Waals surface area contributed by atoms with Crippen molar-refractivity contribution in [2.75, 3.05) is 0 Å². The molecule has 4 heteroatoms. The van der Waals surface area contributed by atoms with Crippen LogP contribution in [0.4, 0.5) is 0 Å². The highest BCUT2D eigenvalue weighted by molar-refractivity contribution is 5.92. The number of aromatic amines is 1. The maximum atomic E-state index is 9.69. The van der Waals surface area contributed by atoms with Gasteiger partial charge in [0.05, 0.1) is 5.71 Å². The standard InChI is InChI=1S/C32H38N2O2/c1-31-15-14-27-23(26(31)11-13-30(31)34-35)10-8-21-16-29-25(18-32(21,27)2)24-17-22(9-12-28(24)33-29)36-19-20-6-4-3-5-7-20/h3-7,9,12,17,21,23,26-27,33,35H,8,10-11,13-16,18-19H2,1-2H3/b34-30+. The van der Waals surface area contributed by atoms with Gasteiger partial charge in [-0.15, -0.1) is 0 Å². The molecule has 6 unspecified atom stereocenters. The van der Waals surface area contributed by atoms with Crippen LogP contribution >= 0.6 is 0 Å². The molecule has 3 aromatic rings. The van der Waals surface area contributed by atoms with E-state index in [4.69, 9.17) is 4.74 Å². The van der Waals surface area contributed by atoms with Crippen LogP contribution in [0.2, 0.25) is 0 Å². The lowest BCUT2D eigenvalue weighted by molar-refractivity contribution is -0.0796. The second-order valence-corrected chi connectivity index (χ2v) is 12.6. The molecule has 6 atom stereocenters. The number of hydrogen-bond donors (Lipinski definition) is 2. The highest BCUT2D eigenvalue weighted by Crippen LogP contribution is 2.65. The Hall–Kier alpha value is -2.75. The summed E-state index contributed by atoms with van der Waals surface area (Å²) < 4.78 is 6.21. The summed E-state index contributed by atoms with van der Waals surface area (Å²) in [6, 6.07) is 17.0. The molecule has 4 nitrogen and oxygen atoms in total. The summed E-state index contributed by atoms with van der Waals surface area (Å²) in [5, 5.41) is 14.8. The number of nitrogens with zero attached hydrogens (tertiary/aromatic N) is 1. The fraction of sp³-hybridized carbons (Fsp3) is 0.531. The lowest BCUT2D eigenvalue weighted by Crippen LogP contribution is -2.54. The Bertz CT molecular complexity index is 1330. The van der Waals surface area contributed by atoms with E-state index >= 15 is 0 Å². The Balaban J connectivity index is 1.19. The molecule has 1 heterocycles. The summed E-state index contributed by atoms with van der Waals surface area (Å²) in [4.78, 5) is 3.80. The van der Waals surface area contributed by atoms with Crippen molar-refractivity contribution >= 4 is 16.6 Å². The van der Waals surface area contributed by atoms with E-state index in [2.05, 4.69) is 66.5 Å². The van der Waals surface area contributed by atoms with Crippen molar-refractivity contribution < 1.29 is 9.94 Å². The van der Waals surface area contributed by atoms with Crippen LogP contribution in [0.5, 0.6) is 5.75 Å². The number of H-pyrrole nitrogens is 1. The minimum Gasteiger partial charge on any atom is -0.489 e. The van der Waals surface area contributed by atoms with Gasteiger partial charge in [-0.25, -0.2) is 0 Å². The average molecular weight is 483 g/mol. The Morgan fingerprint density at radius 3 is 2.72 bits per heavy atom. The maximum Gasteiger partial charge on any atom is 0.120 e. The minimum atomic E-state index is 0.116. The molecule has 4 aliphatic carbocycles. The Morgan fingerprint density at radius 2 is 1.89 bits per heavy atom. The highest BCUT2D eigenvalue weighted by Gasteiger charge is 2.59. The van der Waals surface area contributed by atoms with Crippen molar-refractivity contribution in [3.63, 3.8) is 0 Å². The van der Waals surface area contributed by atoms with Gasteiger partial charge in [0, 0.05) is 22.0 Å². The van der Waals surface area contributed by atoms with Crippen LogP contribution in [0.1, 0.15) is 69.2 Å². The summed E-state index contributed by atoms with van der Waals surface area (Å²) in [5.41, 5.74) is 6.97. The van der Waals surface area contributed by atoms with E-state index in [1.807, 2.05) is 6.07 Å². The zero-order valence-corrected chi connectivity index (χ0v) is 21.6. The van der Waals surface area contributed by atoms with E-state index in [9.17, 15) is 5.21 Å². The first kappa shape index (κ1) is 22.4. The van der Waals surface area contributed by atoms with Gasteiger partial charge in [0.1, 0.15) is 12.4 Å². The fourth-order valence-electron chi connectivity index (χ4n) is 9.22. The van der Waals surface area contributed by atoms with Crippen molar-refractivity contribution in [1.82, 2.24) is 4.98 Å². The number of rotatable bonds is 3. The highest BCUT2D eigenvalue weighted by atomic mass is 16.5. The summed E-state index contributed by atoms with van der Waals surface area (Å²) >= 11 is 0. The first-order valence-corrected chi connectivity index (χ1v) is 14.0. The van der Waals surface area contributed by atoms with Crippen molar-refractivity contribution in [2.45, 2.75) is 71.8 Å². The largest absolute Gasteiger partial charge is 0.489 e. The predicted octanol–water partition coefficient (Wildman–Crippen LogP) is 7.53. The van der Waals surface area contributed by atoms with Gasteiger partial charge in [0.15, 0.2) is 0 Å². The molecule has 3 saturated carbocycles. The second-order valence-electron chi connectivity index (χ2n) is 12.6. The van der Waals surface area contributed by atoms with Gasteiger partial charge < -0.3 is 14.9 Å². The summed E-state index contributed by atoms with van der Waals surface area (Å²) in [6.07, 6.45) is 9.66. The third-order valence-electron chi connectivity index (χ3n) is 11.1. The van der Waals surface area contributed by atoms with Crippen LogP contribution < -0.4 is 4.74 Å². The van der Waals surface area contributed by atoms with E-state index in [1.165, 1.54) is 72.7 Å². The molecule has 4 aliphatic rings. The number of fused-ring (bicyclic) bond motifs is 8. The topological polar surface area (TPSA) is 57.6 Å². The van der Waals surface area contributed by atoms with Crippen molar-refractivity contribution in [3.05, 3.63) is 65.4 Å². The number of hydrogen-bond acceptors (Lipinski definition) is 3. The molecule has 188 valence electrons. The molecule has 0 saturated heterocycles. The number of nitrogens with one attached hydrogen (secondary N) is 1. The maximum absolute atomic E-state index is 9.69. The number of ether oxygens (including phenoxy) is 1. The molecule has 0 aliphatic heterocycles. The molecule has 0 radical (unpaired) electrons. The predicted molar refractivity (Wildman–Crippen MR) is 144 cm³/mol. The second kappa shape index (κ2) is 8.13. The van der Waals surface area contributed by atoms with Gasteiger partial charge >= 0.3 is 0 Å². The van der Waals surface area contributed by atoms with Crippen LogP contribution in [0.3, 0.4) is 0 Å². The first-order valence-electron chi connectivity index (χ1n) is 14.0. The molecule has 0 bridgehead atoms. The Morgan fingerprint density at radius 1 is 1.03 bits per heavy atom. The summed E-state index contributed by atoms with van der Waals surface area (Å²) in [6.45, 7) is 5.60. The number of aromatic nitrogens is 1. The Labute approximate surface area is 214 Å². The van der Waals surface area contributed by atoms with Crippen LogP contribution in [0, 0.1) is 34.5 Å². The van der Waals surface area contributed by atoms with Crippen LogP contribution in [0.25, 0.3) is 10.9 Å². The van der Waals surface area contributed by atoms with E-state index in [-0.39, 0.29) is 5.41 Å². The van der Waals surface area contributed by atoms with Gasteiger partial charge in [0.25, 0.3) is 0 Å². The monoisotopic (exact) mass is 482 g/mol. The number of benzene rings is 2. The Kier molecular flexibility index (Phi) is 5.07.